The molecule has 0 saturated carbocycles. The van der Waals surface area contributed by atoms with Gasteiger partial charge in [0.1, 0.15) is 0 Å². The van der Waals surface area contributed by atoms with Gasteiger partial charge in [-0.25, -0.2) is 0 Å². The van der Waals surface area contributed by atoms with E-state index in [4.69, 9.17) is 9.47 Å². The number of rotatable bonds is 5. The number of fused-ring (bicyclic) bond motifs is 1. The van der Waals surface area contributed by atoms with Gasteiger partial charge in [0.2, 0.25) is 5.91 Å². The Morgan fingerprint density at radius 2 is 2.00 bits per heavy atom. The molecule has 1 aromatic rings. The van der Waals surface area contributed by atoms with Gasteiger partial charge in [0, 0.05) is 6.54 Å². The summed E-state index contributed by atoms with van der Waals surface area (Å²) in [5, 5.41) is 3.09. The van der Waals surface area contributed by atoms with Crippen molar-refractivity contribution in [3.8, 4) is 11.5 Å². The maximum atomic E-state index is 12.3. The number of amides is 1. The molecule has 2 rings (SSSR count). The van der Waals surface area contributed by atoms with Gasteiger partial charge in [0.05, 0.1) is 26.8 Å². The molecule has 0 fully saturated rings. The molecule has 5 nitrogen and oxygen atoms in total. The number of ether oxygens (including phenoxy) is 2. The van der Waals surface area contributed by atoms with Gasteiger partial charge in [-0.3, -0.25) is 4.79 Å². The zero-order chi connectivity index (χ0) is 15.4. The molecule has 0 aromatic heterocycles. The third-order valence-corrected chi connectivity index (χ3v) is 4.03. The molecule has 0 aliphatic carbocycles. The fraction of sp³-hybridized carbons (Fsp3) is 0.562. The number of likely N-dealkylation sites (N-methyl/N-ethyl adjacent to an activating group) is 1. The first-order valence-corrected chi connectivity index (χ1v) is 7.37. The molecular formula is C16H24N2O3. The van der Waals surface area contributed by atoms with E-state index in [1.165, 1.54) is 5.56 Å². The van der Waals surface area contributed by atoms with Gasteiger partial charge < -0.3 is 19.7 Å². The average molecular weight is 292 g/mol. The summed E-state index contributed by atoms with van der Waals surface area (Å²) >= 11 is 0. The minimum atomic E-state index is 0.0553. The second-order valence-electron chi connectivity index (χ2n) is 5.20. The fourth-order valence-corrected chi connectivity index (χ4v) is 2.82. The molecule has 116 valence electrons. The lowest BCUT2D eigenvalue weighted by atomic mass is 9.92. The number of hydrogen-bond donors (Lipinski definition) is 1. The summed E-state index contributed by atoms with van der Waals surface area (Å²) in [5.74, 6) is 1.60. The molecule has 1 aliphatic rings. The van der Waals surface area contributed by atoms with Gasteiger partial charge in [-0.1, -0.05) is 6.92 Å². The zero-order valence-electron chi connectivity index (χ0n) is 13.2. The Hall–Kier alpha value is -1.75. The Kier molecular flexibility index (Phi) is 5.07. The number of nitrogens with zero attached hydrogens (tertiary/aromatic N) is 1. The minimum Gasteiger partial charge on any atom is -0.493 e. The molecular weight excluding hydrogens is 268 g/mol. The molecule has 0 bridgehead atoms. The summed E-state index contributed by atoms with van der Waals surface area (Å²) < 4.78 is 10.7. The van der Waals surface area contributed by atoms with Crippen LogP contribution in [0.25, 0.3) is 0 Å². The summed E-state index contributed by atoms with van der Waals surface area (Å²) in [4.78, 5) is 14.2. The highest BCUT2D eigenvalue weighted by molar-refractivity contribution is 5.79. The molecule has 0 radical (unpaired) electrons. The van der Waals surface area contributed by atoms with Gasteiger partial charge in [0.25, 0.3) is 0 Å². The lowest BCUT2D eigenvalue weighted by molar-refractivity contribution is -0.132. The number of benzene rings is 1. The number of hydrogen-bond acceptors (Lipinski definition) is 4. The molecule has 21 heavy (non-hydrogen) atoms. The highest BCUT2D eigenvalue weighted by atomic mass is 16.5. The summed E-state index contributed by atoms with van der Waals surface area (Å²) in [7, 11) is 3.27. The molecule has 1 atom stereocenters. The van der Waals surface area contributed by atoms with Crippen molar-refractivity contribution in [2.24, 2.45) is 0 Å². The third-order valence-electron chi connectivity index (χ3n) is 4.03. The van der Waals surface area contributed by atoms with Crippen molar-refractivity contribution in [1.82, 2.24) is 10.2 Å². The minimum absolute atomic E-state index is 0.0553. The van der Waals surface area contributed by atoms with Crippen LogP contribution in [-0.4, -0.2) is 44.7 Å². The molecule has 5 heteroatoms. The van der Waals surface area contributed by atoms with Crippen LogP contribution in [0.15, 0.2) is 12.1 Å². The van der Waals surface area contributed by atoms with Gasteiger partial charge in [0.15, 0.2) is 11.5 Å². The summed E-state index contributed by atoms with van der Waals surface area (Å²) in [5.41, 5.74) is 2.37. The van der Waals surface area contributed by atoms with Crippen LogP contribution in [0.1, 0.15) is 31.0 Å². The number of carbonyl (C=O) groups is 1. The Balaban J connectivity index is 2.26. The molecule has 0 saturated heterocycles. The standard InChI is InChI=1S/C16H24N2O3/c1-5-17-10-16(19)18-7-6-12-8-14(20-3)15(21-4)9-13(12)11(18)2/h8-9,11,17H,5-7,10H2,1-4H3/t11-/m0/s1. The van der Waals surface area contributed by atoms with E-state index in [-0.39, 0.29) is 11.9 Å². The average Bonchev–Trinajstić information content (AvgIpc) is 2.51. The van der Waals surface area contributed by atoms with Crippen molar-refractivity contribution in [2.75, 3.05) is 33.9 Å². The maximum absolute atomic E-state index is 12.3. The SMILES string of the molecule is CCNCC(=O)N1CCc2cc(OC)c(OC)cc2[C@@H]1C. The zero-order valence-corrected chi connectivity index (χ0v) is 13.2. The molecule has 1 amide bonds. The lowest BCUT2D eigenvalue weighted by Crippen LogP contribution is -2.43. The second kappa shape index (κ2) is 6.80. The maximum Gasteiger partial charge on any atom is 0.237 e. The monoisotopic (exact) mass is 292 g/mol. The first-order valence-electron chi connectivity index (χ1n) is 7.37. The molecule has 1 aliphatic heterocycles. The first kappa shape index (κ1) is 15.6. The fourth-order valence-electron chi connectivity index (χ4n) is 2.82. The van der Waals surface area contributed by atoms with Gasteiger partial charge >= 0.3 is 0 Å². The van der Waals surface area contributed by atoms with Crippen molar-refractivity contribution in [1.29, 1.82) is 0 Å². The van der Waals surface area contributed by atoms with E-state index in [1.807, 2.05) is 24.0 Å². The number of carbonyl (C=O) groups excluding carboxylic acids is 1. The van der Waals surface area contributed by atoms with Crippen LogP contribution in [0.5, 0.6) is 11.5 Å². The quantitative estimate of drug-likeness (QED) is 0.898. The molecule has 1 N–H and O–H groups in total. The molecule has 1 heterocycles. The van der Waals surface area contributed by atoms with Crippen LogP contribution in [0, 0.1) is 0 Å². The van der Waals surface area contributed by atoms with Crippen molar-refractivity contribution in [2.45, 2.75) is 26.3 Å². The molecule has 1 aromatic carbocycles. The third kappa shape index (κ3) is 3.13. The normalized spacial score (nSPS) is 17.3. The van der Waals surface area contributed by atoms with E-state index >= 15 is 0 Å². The van der Waals surface area contributed by atoms with E-state index in [1.54, 1.807) is 14.2 Å². The number of nitrogens with one attached hydrogen (secondary N) is 1. The number of methoxy groups -OCH3 is 2. The smallest absolute Gasteiger partial charge is 0.237 e. The summed E-state index contributed by atoms with van der Waals surface area (Å²) in [6.45, 7) is 6.00. The van der Waals surface area contributed by atoms with Crippen LogP contribution in [0.2, 0.25) is 0 Å². The topological polar surface area (TPSA) is 50.8 Å². The Morgan fingerprint density at radius 1 is 1.33 bits per heavy atom. The van der Waals surface area contributed by atoms with Crippen molar-refractivity contribution >= 4 is 5.91 Å². The van der Waals surface area contributed by atoms with Crippen LogP contribution in [0.4, 0.5) is 0 Å². The Bertz CT molecular complexity index is 516. The predicted molar refractivity (Wildman–Crippen MR) is 81.9 cm³/mol. The second-order valence-corrected chi connectivity index (χ2v) is 5.20. The van der Waals surface area contributed by atoms with Gasteiger partial charge in [-0.05, 0) is 43.1 Å². The highest BCUT2D eigenvalue weighted by Gasteiger charge is 2.28. The van der Waals surface area contributed by atoms with Crippen molar-refractivity contribution in [3.05, 3.63) is 23.3 Å². The van der Waals surface area contributed by atoms with Gasteiger partial charge in [-0.15, -0.1) is 0 Å². The van der Waals surface area contributed by atoms with Crippen LogP contribution in [-0.2, 0) is 11.2 Å². The van der Waals surface area contributed by atoms with Crippen LogP contribution in [0.3, 0.4) is 0 Å². The van der Waals surface area contributed by atoms with Gasteiger partial charge in [-0.2, -0.15) is 0 Å². The highest BCUT2D eigenvalue weighted by Crippen LogP contribution is 2.37. The molecule has 0 spiro atoms. The predicted octanol–water partition coefficient (Wildman–Crippen LogP) is 1.76. The van der Waals surface area contributed by atoms with E-state index in [0.717, 1.165) is 30.8 Å². The summed E-state index contributed by atoms with van der Waals surface area (Å²) in [6, 6.07) is 4.07. The van der Waals surface area contributed by atoms with E-state index < -0.39 is 0 Å². The van der Waals surface area contributed by atoms with Crippen LogP contribution < -0.4 is 14.8 Å². The Labute approximate surface area is 126 Å². The lowest BCUT2D eigenvalue weighted by Gasteiger charge is -2.36. The van der Waals surface area contributed by atoms with Crippen LogP contribution >= 0.6 is 0 Å². The van der Waals surface area contributed by atoms with E-state index in [9.17, 15) is 4.79 Å². The van der Waals surface area contributed by atoms with Crippen molar-refractivity contribution < 1.29 is 14.3 Å². The Morgan fingerprint density at radius 3 is 2.62 bits per heavy atom. The first-order chi connectivity index (χ1) is 10.1. The molecule has 0 unspecified atom stereocenters. The summed E-state index contributed by atoms with van der Waals surface area (Å²) in [6.07, 6.45) is 0.845. The largest absolute Gasteiger partial charge is 0.493 e. The van der Waals surface area contributed by atoms with E-state index in [2.05, 4.69) is 12.2 Å². The van der Waals surface area contributed by atoms with Crippen molar-refractivity contribution in [3.63, 3.8) is 0 Å². The van der Waals surface area contributed by atoms with E-state index in [0.29, 0.717) is 12.3 Å².